The lowest BCUT2D eigenvalue weighted by molar-refractivity contribution is 0.0290. The number of piperazine rings is 1. The minimum atomic E-state index is -0.287. The first-order chi connectivity index (χ1) is 13.9. The molecular weight excluding hydrogens is 362 g/mol. The predicted octanol–water partition coefficient (Wildman–Crippen LogP) is 3.63. The number of carbonyl (C=O) groups is 1. The Morgan fingerprint density at radius 1 is 0.931 bits per heavy atom. The summed E-state index contributed by atoms with van der Waals surface area (Å²) in [6.07, 6.45) is 0. The van der Waals surface area contributed by atoms with Crippen LogP contribution in [0.2, 0.25) is 0 Å². The summed E-state index contributed by atoms with van der Waals surface area (Å²) in [4.78, 5) is 18.9. The summed E-state index contributed by atoms with van der Waals surface area (Å²) in [5, 5.41) is 0. The molecule has 1 aliphatic rings. The Balaban J connectivity index is 1.58. The molecule has 0 amide bonds. The lowest BCUT2D eigenvalue weighted by Crippen LogP contribution is -2.55. The van der Waals surface area contributed by atoms with E-state index in [0.717, 1.165) is 26.2 Å². The van der Waals surface area contributed by atoms with Crippen molar-refractivity contribution in [2.75, 3.05) is 39.2 Å². The van der Waals surface area contributed by atoms with Gasteiger partial charge >= 0.3 is 5.97 Å². The lowest BCUT2D eigenvalue weighted by atomic mass is 10.0. The second kappa shape index (κ2) is 9.42. The van der Waals surface area contributed by atoms with E-state index in [1.54, 1.807) is 0 Å². The van der Waals surface area contributed by atoms with Crippen LogP contribution in [0.4, 0.5) is 5.69 Å². The highest BCUT2D eigenvalue weighted by molar-refractivity contribution is 5.89. The molecular formula is C24H33N3O2. The fraction of sp³-hybridized carbons (Fsp3) is 0.458. The summed E-state index contributed by atoms with van der Waals surface area (Å²) in [5.41, 5.74) is 4.42. The molecule has 1 fully saturated rings. The molecule has 156 valence electrons. The van der Waals surface area contributed by atoms with Crippen LogP contribution < -0.4 is 4.90 Å². The Bertz CT molecular complexity index is 790. The zero-order valence-corrected chi connectivity index (χ0v) is 18.3. The number of hydrogen-bond acceptors (Lipinski definition) is 5. The first-order valence-corrected chi connectivity index (χ1v) is 10.3. The lowest BCUT2D eigenvalue weighted by Gasteiger charge is -2.44. The zero-order chi connectivity index (χ0) is 21.0. The van der Waals surface area contributed by atoms with E-state index in [2.05, 4.69) is 66.9 Å². The topological polar surface area (TPSA) is 36.0 Å². The smallest absolute Gasteiger partial charge is 0.337 e. The SMILES string of the molecule is COC(=O)c1ccc(CN2[C@H](C)CN(Cc3ccc(N(C)C)cc3)C[C@@H]2C)cc1. The molecule has 0 unspecified atom stereocenters. The van der Waals surface area contributed by atoms with Crippen molar-refractivity contribution in [2.24, 2.45) is 0 Å². The molecule has 5 nitrogen and oxygen atoms in total. The molecule has 2 aromatic rings. The van der Waals surface area contributed by atoms with Gasteiger partial charge in [0.25, 0.3) is 0 Å². The van der Waals surface area contributed by atoms with Gasteiger partial charge in [-0.2, -0.15) is 0 Å². The third-order valence-electron chi connectivity index (χ3n) is 5.78. The van der Waals surface area contributed by atoms with Gasteiger partial charge in [0.15, 0.2) is 0 Å². The van der Waals surface area contributed by atoms with Crippen LogP contribution in [0, 0.1) is 0 Å². The van der Waals surface area contributed by atoms with Crippen LogP contribution in [0.15, 0.2) is 48.5 Å². The minimum absolute atomic E-state index is 0.287. The fourth-order valence-corrected chi connectivity index (χ4v) is 4.14. The molecule has 0 aromatic heterocycles. The van der Waals surface area contributed by atoms with Gasteiger partial charge in [-0.15, -0.1) is 0 Å². The van der Waals surface area contributed by atoms with Crippen LogP contribution in [0.25, 0.3) is 0 Å². The Labute approximate surface area is 174 Å². The maximum absolute atomic E-state index is 11.6. The highest BCUT2D eigenvalue weighted by Crippen LogP contribution is 2.22. The molecule has 1 heterocycles. The van der Waals surface area contributed by atoms with Crippen LogP contribution in [-0.2, 0) is 17.8 Å². The molecule has 0 bridgehead atoms. The van der Waals surface area contributed by atoms with Gasteiger partial charge in [0.2, 0.25) is 0 Å². The first kappa shape index (κ1) is 21.3. The van der Waals surface area contributed by atoms with Gasteiger partial charge in [-0.3, -0.25) is 9.80 Å². The number of methoxy groups -OCH3 is 1. The van der Waals surface area contributed by atoms with E-state index in [0.29, 0.717) is 17.6 Å². The number of hydrogen-bond donors (Lipinski definition) is 0. The maximum Gasteiger partial charge on any atom is 0.337 e. The van der Waals surface area contributed by atoms with E-state index < -0.39 is 0 Å². The van der Waals surface area contributed by atoms with E-state index in [1.807, 2.05) is 24.3 Å². The summed E-state index contributed by atoms with van der Waals surface area (Å²) < 4.78 is 4.78. The number of carbonyl (C=O) groups excluding carboxylic acids is 1. The van der Waals surface area contributed by atoms with Crippen molar-refractivity contribution in [2.45, 2.75) is 39.0 Å². The minimum Gasteiger partial charge on any atom is -0.465 e. The summed E-state index contributed by atoms with van der Waals surface area (Å²) in [6, 6.07) is 17.6. The summed E-state index contributed by atoms with van der Waals surface area (Å²) in [5.74, 6) is -0.287. The molecule has 0 N–H and O–H groups in total. The Hall–Kier alpha value is -2.37. The number of ether oxygens (including phenoxy) is 1. The van der Waals surface area contributed by atoms with Crippen LogP contribution in [0.5, 0.6) is 0 Å². The number of anilines is 1. The van der Waals surface area contributed by atoms with Crippen molar-refractivity contribution >= 4 is 11.7 Å². The Kier molecular flexibility index (Phi) is 6.93. The van der Waals surface area contributed by atoms with Gasteiger partial charge in [-0.25, -0.2) is 4.79 Å². The standard InChI is InChI=1S/C24H33N3O2/c1-18-14-26(16-20-8-12-23(13-9-20)25(3)4)15-19(2)27(18)17-21-6-10-22(11-7-21)24(28)29-5/h6-13,18-19H,14-17H2,1-5H3/t18-,19+. The van der Waals surface area contributed by atoms with Crippen LogP contribution in [0.3, 0.4) is 0 Å². The fourth-order valence-electron chi connectivity index (χ4n) is 4.14. The van der Waals surface area contributed by atoms with Gasteiger partial charge in [0, 0.05) is 58.0 Å². The molecule has 0 spiro atoms. The second-order valence-electron chi connectivity index (χ2n) is 8.31. The van der Waals surface area contributed by atoms with Crippen molar-refractivity contribution in [3.63, 3.8) is 0 Å². The number of nitrogens with zero attached hydrogens (tertiary/aromatic N) is 3. The summed E-state index contributed by atoms with van der Waals surface area (Å²) in [7, 11) is 5.55. The van der Waals surface area contributed by atoms with Crippen molar-refractivity contribution in [1.82, 2.24) is 9.80 Å². The van der Waals surface area contributed by atoms with Crippen LogP contribution in [-0.4, -0.2) is 62.1 Å². The first-order valence-electron chi connectivity index (χ1n) is 10.3. The third-order valence-corrected chi connectivity index (χ3v) is 5.78. The Morgan fingerprint density at radius 3 is 1.97 bits per heavy atom. The molecule has 0 aliphatic carbocycles. The molecule has 2 aromatic carbocycles. The molecule has 3 rings (SSSR count). The molecule has 29 heavy (non-hydrogen) atoms. The zero-order valence-electron chi connectivity index (χ0n) is 18.3. The number of benzene rings is 2. The number of rotatable bonds is 6. The van der Waals surface area contributed by atoms with Gasteiger partial charge in [0.05, 0.1) is 12.7 Å². The van der Waals surface area contributed by atoms with Gasteiger partial charge in [0.1, 0.15) is 0 Å². The van der Waals surface area contributed by atoms with Crippen molar-refractivity contribution < 1.29 is 9.53 Å². The second-order valence-corrected chi connectivity index (χ2v) is 8.31. The van der Waals surface area contributed by atoms with E-state index >= 15 is 0 Å². The molecule has 1 aliphatic heterocycles. The van der Waals surface area contributed by atoms with Gasteiger partial charge in [-0.1, -0.05) is 24.3 Å². The van der Waals surface area contributed by atoms with Crippen LogP contribution >= 0.6 is 0 Å². The molecule has 0 saturated carbocycles. The molecule has 5 heteroatoms. The number of esters is 1. The molecule has 2 atom stereocenters. The average Bonchev–Trinajstić information content (AvgIpc) is 2.71. The van der Waals surface area contributed by atoms with Gasteiger partial charge in [-0.05, 0) is 49.2 Å². The normalized spacial score (nSPS) is 20.4. The van der Waals surface area contributed by atoms with E-state index in [4.69, 9.17) is 4.74 Å². The third kappa shape index (κ3) is 5.37. The van der Waals surface area contributed by atoms with E-state index in [1.165, 1.54) is 23.9 Å². The summed E-state index contributed by atoms with van der Waals surface area (Å²) >= 11 is 0. The highest BCUT2D eigenvalue weighted by Gasteiger charge is 2.29. The van der Waals surface area contributed by atoms with Gasteiger partial charge < -0.3 is 9.64 Å². The largest absolute Gasteiger partial charge is 0.465 e. The van der Waals surface area contributed by atoms with Crippen molar-refractivity contribution in [1.29, 1.82) is 0 Å². The van der Waals surface area contributed by atoms with E-state index in [-0.39, 0.29) is 5.97 Å². The maximum atomic E-state index is 11.6. The highest BCUT2D eigenvalue weighted by atomic mass is 16.5. The Morgan fingerprint density at radius 2 is 1.45 bits per heavy atom. The van der Waals surface area contributed by atoms with Crippen LogP contribution in [0.1, 0.15) is 35.3 Å². The quantitative estimate of drug-likeness (QED) is 0.698. The van der Waals surface area contributed by atoms with Crippen molar-refractivity contribution in [3.05, 3.63) is 65.2 Å². The van der Waals surface area contributed by atoms with E-state index in [9.17, 15) is 4.79 Å². The van der Waals surface area contributed by atoms with Crippen molar-refractivity contribution in [3.8, 4) is 0 Å². The molecule has 1 saturated heterocycles. The predicted molar refractivity (Wildman–Crippen MR) is 118 cm³/mol. The molecule has 0 radical (unpaired) electrons. The summed E-state index contributed by atoms with van der Waals surface area (Å²) in [6.45, 7) is 8.61. The monoisotopic (exact) mass is 395 g/mol. The average molecular weight is 396 g/mol.